The van der Waals surface area contributed by atoms with E-state index < -0.39 is 5.97 Å². The first-order valence-electron chi connectivity index (χ1n) is 11.2. The number of imidazole rings is 1. The van der Waals surface area contributed by atoms with Gasteiger partial charge in [-0.3, -0.25) is 0 Å². The summed E-state index contributed by atoms with van der Waals surface area (Å²) in [6, 6.07) is 10.9. The van der Waals surface area contributed by atoms with Crippen LogP contribution in [0.15, 0.2) is 36.4 Å². The Hall–Kier alpha value is -2.64. The van der Waals surface area contributed by atoms with Gasteiger partial charge in [0, 0.05) is 25.6 Å². The average Bonchev–Trinajstić information content (AvgIpc) is 3.13. The molecule has 0 aliphatic carbocycles. The van der Waals surface area contributed by atoms with Crippen molar-refractivity contribution in [2.45, 2.75) is 44.8 Å². The van der Waals surface area contributed by atoms with Crippen molar-refractivity contribution < 1.29 is 14.6 Å². The van der Waals surface area contributed by atoms with Crippen LogP contribution in [0.2, 0.25) is 5.15 Å². The number of aromatic carboxylic acids is 1. The number of hydrogen-bond donors (Lipinski definition) is 1. The van der Waals surface area contributed by atoms with Crippen molar-refractivity contribution in [2.24, 2.45) is 5.92 Å². The van der Waals surface area contributed by atoms with Gasteiger partial charge in [-0.05, 0) is 55.5 Å². The number of carboxylic acid groups (broad SMARTS) is 1. The number of nitrogens with zero attached hydrogens (tertiary/aromatic N) is 4. The van der Waals surface area contributed by atoms with Crippen molar-refractivity contribution in [1.29, 1.82) is 0 Å². The molecule has 4 heterocycles. The maximum atomic E-state index is 11.5. The van der Waals surface area contributed by atoms with Gasteiger partial charge in [-0.1, -0.05) is 24.6 Å². The second kappa shape index (κ2) is 8.71. The van der Waals surface area contributed by atoms with E-state index in [-0.39, 0.29) is 17.6 Å². The molecular weight excluding hydrogens is 428 g/mol. The standard InChI is InChI=1S/C24H27ClN4O3/c1-15(16-7-10-28(11-8-16)22-4-2-3-21(25)27-22)23-26-19-6-5-17(24(30)31)13-20(19)29(23)14-18-9-12-32-18/h2-6,13,15-16,18H,7-12,14H2,1H3,(H,30,31)/t15?,18-/m0/s1. The van der Waals surface area contributed by atoms with Crippen molar-refractivity contribution in [3.63, 3.8) is 0 Å². The number of rotatable bonds is 6. The molecule has 0 bridgehead atoms. The Balaban J connectivity index is 1.39. The van der Waals surface area contributed by atoms with Gasteiger partial charge in [0.25, 0.3) is 0 Å². The molecule has 1 aromatic carbocycles. The lowest BCUT2D eigenvalue weighted by Crippen LogP contribution is -2.36. The van der Waals surface area contributed by atoms with E-state index in [9.17, 15) is 9.90 Å². The molecule has 2 aliphatic rings. The molecule has 8 heteroatoms. The summed E-state index contributed by atoms with van der Waals surface area (Å²) in [5.74, 6) is 1.78. The minimum Gasteiger partial charge on any atom is -0.478 e. The summed E-state index contributed by atoms with van der Waals surface area (Å²) >= 11 is 6.07. The van der Waals surface area contributed by atoms with Gasteiger partial charge in [-0.15, -0.1) is 0 Å². The second-order valence-corrected chi connectivity index (χ2v) is 9.19. The monoisotopic (exact) mass is 454 g/mol. The Labute approximate surface area is 192 Å². The molecule has 0 saturated carbocycles. The van der Waals surface area contributed by atoms with E-state index in [1.807, 2.05) is 18.2 Å². The summed E-state index contributed by atoms with van der Waals surface area (Å²) in [6.07, 6.45) is 3.28. The van der Waals surface area contributed by atoms with Crippen molar-refractivity contribution in [3.8, 4) is 0 Å². The number of fused-ring (bicyclic) bond motifs is 1. The molecule has 2 atom stereocenters. The lowest BCUT2D eigenvalue weighted by atomic mass is 9.84. The fraction of sp³-hybridized carbons (Fsp3) is 0.458. The van der Waals surface area contributed by atoms with E-state index >= 15 is 0 Å². The lowest BCUT2D eigenvalue weighted by Gasteiger charge is -2.36. The smallest absolute Gasteiger partial charge is 0.335 e. The van der Waals surface area contributed by atoms with Gasteiger partial charge in [0.2, 0.25) is 0 Å². The highest BCUT2D eigenvalue weighted by Gasteiger charge is 2.30. The van der Waals surface area contributed by atoms with Gasteiger partial charge in [-0.2, -0.15) is 0 Å². The Morgan fingerprint density at radius 3 is 2.66 bits per heavy atom. The van der Waals surface area contributed by atoms with E-state index in [2.05, 4.69) is 21.4 Å². The van der Waals surface area contributed by atoms with E-state index in [1.54, 1.807) is 18.2 Å². The first-order chi connectivity index (χ1) is 15.5. The highest BCUT2D eigenvalue weighted by atomic mass is 35.5. The number of benzene rings is 1. The molecule has 32 heavy (non-hydrogen) atoms. The maximum absolute atomic E-state index is 11.5. The van der Waals surface area contributed by atoms with Crippen molar-refractivity contribution >= 4 is 34.4 Å². The number of ether oxygens (including phenoxy) is 1. The minimum absolute atomic E-state index is 0.169. The molecule has 7 nitrogen and oxygen atoms in total. The largest absolute Gasteiger partial charge is 0.478 e. The van der Waals surface area contributed by atoms with E-state index in [4.69, 9.17) is 21.3 Å². The number of halogens is 1. The fourth-order valence-electron chi connectivity index (χ4n) is 4.86. The van der Waals surface area contributed by atoms with Crippen molar-refractivity contribution in [2.75, 3.05) is 24.6 Å². The average molecular weight is 455 g/mol. The third kappa shape index (κ3) is 4.07. The van der Waals surface area contributed by atoms with Crippen molar-refractivity contribution in [3.05, 3.63) is 52.9 Å². The van der Waals surface area contributed by atoms with E-state index in [0.717, 1.165) is 61.6 Å². The molecule has 2 saturated heterocycles. The zero-order chi connectivity index (χ0) is 22.2. The third-order valence-corrected chi connectivity index (χ3v) is 7.09. The number of piperidine rings is 1. The molecule has 2 aliphatic heterocycles. The molecule has 1 unspecified atom stereocenters. The van der Waals surface area contributed by atoms with E-state index in [1.165, 1.54) is 0 Å². The van der Waals surface area contributed by atoms with Gasteiger partial charge < -0.3 is 19.3 Å². The van der Waals surface area contributed by atoms with Crippen LogP contribution in [0.25, 0.3) is 11.0 Å². The number of carbonyl (C=O) groups is 1. The molecule has 0 amide bonds. The first kappa shape index (κ1) is 21.2. The predicted octanol–water partition coefficient (Wildman–Crippen LogP) is 4.59. The number of pyridine rings is 1. The highest BCUT2D eigenvalue weighted by Crippen LogP contribution is 2.35. The van der Waals surface area contributed by atoms with Gasteiger partial charge in [-0.25, -0.2) is 14.8 Å². The summed E-state index contributed by atoms with van der Waals surface area (Å²) in [5, 5.41) is 9.98. The number of aromatic nitrogens is 3. The van der Waals surface area contributed by atoms with Crippen LogP contribution in [0.5, 0.6) is 0 Å². The van der Waals surface area contributed by atoms with Crippen LogP contribution in [0, 0.1) is 5.92 Å². The quantitative estimate of drug-likeness (QED) is 0.548. The van der Waals surface area contributed by atoms with Gasteiger partial charge in [0.05, 0.1) is 29.2 Å². The number of carboxylic acids is 1. The Kier molecular flexibility index (Phi) is 5.78. The summed E-state index contributed by atoms with van der Waals surface area (Å²) < 4.78 is 7.89. The third-order valence-electron chi connectivity index (χ3n) is 6.88. The summed E-state index contributed by atoms with van der Waals surface area (Å²) in [5.41, 5.74) is 2.01. The highest BCUT2D eigenvalue weighted by molar-refractivity contribution is 6.29. The molecule has 3 aromatic rings. The molecule has 2 fully saturated rings. The number of hydrogen-bond acceptors (Lipinski definition) is 5. The summed E-state index contributed by atoms with van der Waals surface area (Å²) in [6.45, 7) is 5.60. The van der Waals surface area contributed by atoms with Crippen LogP contribution in [-0.4, -0.2) is 51.4 Å². The van der Waals surface area contributed by atoms with Gasteiger partial charge in [0.1, 0.15) is 16.8 Å². The first-order valence-corrected chi connectivity index (χ1v) is 11.6. The zero-order valence-electron chi connectivity index (χ0n) is 18.1. The van der Waals surface area contributed by atoms with Crippen molar-refractivity contribution in [1.82, 2.24) is 14.5 Å². The van der Waals surface area contributed by atoms with Gasteiger partial charge >= 0.3 is 5.97 Å². The van der Waals surface area contributed by atoms with Crippen LogP contribution in [0.3, 0.4) is 0 Å². The fourth-order valence-corrected chi connectivity index (χ4v) is 5.02. The van der Waals surface area contributed by atoms with Crippen LogP contribution in [0.1, 0.15) is 48.3 Å². The van der Waals surface area contributed by atoms with Crippen LogP contribution in [-0.2, 0) is 11.3 Å². The number of anilines is 1. The Morgan fingerprint density at radius 1 is 1.22 bits per heavy atom. The predicted molar refractivity (Wildman–Crippen MR) is 124 cm³/mol. The molecular formula is C24H27ClN4O3. The molecule has 5 rings (SSSR count). The Bertz CT molecular complexity index is 1140. The zero-order valence-corrected chi connectivity index (χ0v) is 18.8. The van der Waals surface area contributed by atoms with E-state index in [0.29, 0.717) is 17.6 Å². The molecule has 1 N–H and O–H groups in total. The maximum Gasteiger partial charge on any atom is 0.335 e. The van der Waals surface area contributed by atoms with Crippen LogP contribution in [0.4, 0.5) is 5.82 Å². The SMILES string of the molecule is CC(c1nc2ccc(C(=O)O)cc2n1C[C@@H]1CCO1)C1CCN(c2cccc(Cl)n2)CC1. The van der Waals surface area contributed by atoms with Gasteiger partial charge in [0.15, 0.2) is 0 Å². The molecule has 0 radical (unpaired) electrons. The molecule has 0 spiro atoms. The topological polar surface area (TPSA) is 80.5 Å². The minimum atomic E-state index is -0.920. The summed E-state index contributed by atoms with van der Waals surface area (Å²) in [4.78, 5) is 23.2. The van der Waals surface area contributed by atoms with Crippen LogP contribution >= 0.6 is 11.6 Å². The second-order valence-electron chi connectivity index (χ2n) is 8.80. The summed E-state index contributed by atoms with van der Waals surface area (Å²) in [7, 11) is 0. The normalized spacial score (nSPS) is 20.3. The molecule has 2 aromatic heterocycles. The molecule has 168 valence electrons. The lowest BCUT2D eigenvalue weighted by molar-refractivity contribution is -0.0592. The Morgan fingerprint density at radius 2 is 2.00 bits per heavy atom. The van der Waals surface area contributed by atoms with Crippen LogP contribution < -0.4 is 4.90 Å².